The van der Waals surface area contributed by atoms with Crippen LogP contribution in [-0.4, -0.2) is 43.6 Å². The van der Waals surface area contributed by atoms with Gasteiger partial charge in [0.15, 0.2) is 12.0 Å². The molecular formula is C25H30ClNO7. The normalized spacial score (nSPS) is 17.9. The summed E-state index contributed by atoms with van der Waals surface area (Å²) in [4.78, 5) is 23.6. The molecule has 3 rings (SSSR count). The van der Waals surface area contributed by atoms with Gasteiger partial charge in [-0.3, -0.25) is 10.1 Å². The van der Waals surface area contributed by atoms with E-state index in [1.807, 2.05) is 12.1 Å². The summed E-state index contributed by atoms with van der Waals surface area (Å²) in [5.41, 5.74) is 0.366. The smallest absolute Gasteiger partial charge is 0.338 e. The van der Waals surface area contributed by atoms with Crippen molar-refractivity contribution in [3.63, 3.8) is 0 Å². The summed E-state index contributed by atoms with van der Waals surface area (Å²) in [5, 5.41) is 12.4. The zero-order valence-corrected chi connectivity index (χ0v) is 20.8. The number of fused-ring (bicyclic) bond motifs is 1. The summed E-state index contributed by atoms with van der Waals surface area (Å²) in [6, 6.07) is 9.72. The minimum Gasteiger partial charge on any atom is -0.486 e. The van der Waals surface area contributed by atoms with Crippen LogP contribution < -0.4 is 4.74 Å². The lowest BCUT2D eigenvalue weighted by atomic mass is 9.69. The SMILES string of the molecule is COC(OC)[C@]1(COc2ccc(C(=O)OC(C)(C)C)cc2[N+](=O)[O-])CCCc2cc(Cl)ccc21. The minimum absolute atomic E-state index is 0.0451. The van der Waals surface area contributed by atoms with Gasteiger partial charge in [-0.25, -0.2) is 4.79 Å². The number of rotatable bonds is 8. The quantitative estimate of drug-likeness (QED) is 0.209. The van der Waals surface area contributed by atoms with Crippen LogP contribution in [0.15, 0.2) is 36.4 Å². The van der Waals surface area contributed by atoms with Gasteiger partial charge in [0.2, 0.25) is 0 Å². The van der Waals surface area contributed by atoms with Crippen molar-refractivity contribution in [2.75, 3.05) is 20.8 Å². The van der Waals surface area contributed by atoms with Gasteiger partial charge in [-0.05, 0) is 75.4 Å². The Labute approximate surface area is 204 Å². The van der Waals surface area contributed by atoms with Crippen LogP contribution in [0.3, 0.4) is 0 Å². The van der Waals surface area contributed by atoms with Crippen LogP contribution in [0.2, 0.25) is 5.02 Å². The second kappa shape index (κ2) is 10.3. The fourth-order valence-corrected chi connectivity index (χ4v) is 4.64. The van der Waals surface area contributed by atoms with Crippen molar-refractivity contribution in [2.45, 2.75) is 57.3 Å². The molecule has 0 saturated carbocycles. The highest BCUT2D eigenvalue weighted by atomic mass is 35.5. The number of esters is 1. The number of methoxy groups -OCH3 is 2. The number of hydrogen-bond acceptors (Lipinski definition) is 7. The molecule has 0 aliphatic heterocycles. The highest BCUT2D eigenvalue weighted by Crippen LogP contribution is 2.43. The molecule has 0 amide bonds. The largest absolute Gasteiger partial charge is 0.486 e. The van der Waals surface area contributed by atoms with Crippen LogP contribution in [-0.2, 0) is 26.0 Å². The number of nitro groups is 1. The van der Waals surface area contributed by atoms with Gasteiger partial charge < -0.3 is 18.9 Å². The van der Waals surface area contributed by atoms with Crippen LogP contribution in [0, 0.1) is 10.1 Å². The molecule has 0 heterocycles. The van der Waals surface area contributed by atoms with Gasteiger partial charge in [0.1, 0.15) is 12.2 Å². The maximum Gasteiger partial charge on any atom is 0.338 e. The average molecular weight is 492 g/mol. The number of aryl methyl sites for hydroxylation is 1. The molecule has 0 bridgehead atoms. The van der Waals surface area contributed by atoms with E-state index >= 15 is 0 Å². The number of benzene rings is 2. The first-order valence-corrected chi connectivity index (χ1v) is 11.4. The molecule has 2 aromatic rings. The standard InChI is InChI=1S/C25H30ClNO7/c1-24(2,3)34-22(28)17-8-11-21(20(14-17)27(29)30)33-15-25(23(31-4)32-5)12-6-7-16-13-18(26)9-10-19(16)25/h8-11,13-14,23H,6-7,12,15H2,1-5H3/t25-/m0/s1. The molecule has 1 atom stereocenters. The second-order valence-corrected chi connectivity index (χ2v) is 9.78. The van der Waals surface area contributed by atoms with Gasteiger partial charge in [-0.2, -0.15) is 0 Å². The number of halogens is 1. The monoisotopic (exact) mass is 491 g/mol. The Balaban J connectivity index is 1.97. The Bertz CT molecular complexity index is 1060. The minimum atomic E-state index is -0.722. The molecule has 0 N–H and O–H groups in total. The third-order valence-corrected chi connectivity index (χ3v) is 6.06. The molecule has 0 fully saturated rings. The Kier molecular flexibility index (Phi) is 7.85. The van der Waals surface area contributed by atoms with E-state index in [0.717, 1.165) is 24.0 Å². The molecular weight excluding hydrogens is 462 g/mol. The highest BCUT2D eigenvalue weighted by Gasteiger charge is 2.45. The first kappa shape index (κ1) is 25.9. The van der Waals surface area contributed by atoms with E-state index in [9.17, 15) is 14.9 Å². The molecule has 2 aromatic carbocycles. The van der Waals surface area contributed by atoms with E-state index in [-0.39, 0.29) is 23.6 Å². The molecule has 0 aromatic heterocycles. The number of carbonyl (C=O) groups excluding carboxylic acids is 1. The van der Waals surface area contributed by atoms with Gasteiger partial charge in [-0.1, -0.05) is 17.7 Å². The Morgan fingerprint density at radius 2 is 1.88 bits per heavy atom. The summed E-state index contributed by atoms with van der Waals surface area (Å²) in [5.74, 6) is -0.598. The van der Waals surface area contributed by atoms with Gasteiger partial charge in [-0.15, -0.1) is 0 Å². The van der Waals surface area contributed by atoms with Gasteiger partial charge in [0.05, 0.1) is 15.9 Å². The second-order valence-electron chi connectivity index (χ2n) is 9.34. The molecule has 184 valence electrons. The number of carbonyl (C=O) groups is 1. The van der Waals surface area contributed by atoms with Crippen molar-refractivity contribution in [3.8, 4) is 5.75 Å². The van der Waals surface area contributed by atoms with E-state index in [1.165, 1.54) is 18.2 Å². The maximum absolute atomic E-state index is 12.4. The van der Waals surface area contributed by atoms with Crippen molar-refractivity contribution in [1.29, 1.82) is 0 Å². The lowest BCUT2D eigenvalue weighted by Gasteiger charge is -2.42. The van der Waals surface area contributed by atoms with Crippen molar-refractivity contribution < 1.29 is 28.7 Å². The summed E-state index contributed by atoms with van der Waals surface area (Å²) in [7, 11) is 3.11. The van der Waals surface area contributed by atoms with Crippen molar-refractivity contribution in [3.05, 3.63) is 68.2 Å². The van der Waals surface area contributed by atoms with Gasteiger partial charge in [0, 0.05) is 25.3 Å². The molecule has 0 radical (unpaired) electrons. The summed E-state index contributed by atoms with van der Waals surface area (Å²) >= 11 is 6.22. The molecule has 0 unspecified atom stereocenters. The molecule has 0 spiro atoms. The average Bonchev–Trinajstić information content (AvgIpc) is 2.77. The van der Waals surface area contributed by atoms with Crippen molar-refractivity contribution >= 4 is 23.3 Å². The van der Waals surface area contributed by atoms with Crippen LogP contribution in [0.25, 0.3) is 0 Å². The van der Waals surface area contributed by atoms with E-state index in [2.05, 4.69) is 0 Å². The molecule has 8 nitrogen and oxygen atoms in total. The van der Waals surface area contributed by atoms with E-state index in [1.54, 1.807) is 41.1 Å². The van der Waals surface area contributed by atoms with E-state index < -0.39 is 28.2 Å². The third-order valence-electron chi connectivity index (χ3n) is 5.83. The molecule has 9 heteroatoms. The summed E-state index contributed by atoms with van der Waals surface area (Å²) in [6.07, 6.45) is 1.74. The van der Waals surface area contributed by atoms with Crippen LogP contribution in [0.4, 0.5) is 5.69 Å². The van der Waals surface area contributed by atoms with E-state index in [0.29, 0.717) is 11.4 Å². The van der Waals surface area contributed by atoms with Crippen molar-refractivity contribution in [2.24, 2.45) is 0 Å². The van der Waals surface area contributed by atoms with E-state index in [4.69, 9.17) is 30.5 Å². The first-order chi connectivity index (χ1) is 16.0. The zero-order valence-electron chi connectivity index (χ0n) is 20.1. The van der Waals surface area contributed by atoms with Crippen LogP contribution in [0.5, 0.6) is 5.75 Å². The Morgan fingerprint density at radius 1 is 1.18 bits per heavy atom. The molecule has 1 aliphatic rings. The molecule has 34 heavy (non-hydrogen) atoms. The molecule has 1 aliphatic carbocycles. The maximum atomic E-state index is 12.4. The van der Waals surface area contributed by atoms with Crippen LogP contribution >= 0.6 is 11.6 Å². The predicted octanol–water partition coefficient (Wildman–Crippen LogP) is 5.48. The number of hydrogen-bond donors (Lipinski definition) is 0. The van der Waals surface area contributed by atoms with Crippen LogP contribution in [0.1, 0.15) is 55.1 Å². The lowest BCUT2D eigenvalue weighted by molar-refractivity contribution is -0.386. The highest BCUT2D eigenvalue weighted by molar-refractivity contribution is 6.30. The summed E-state index contributed by atoms with van der Waals surface area (Å²) < 4.78 is 22.7. The van der Waals surface area contributed by atoms with Crippen molar-refractivity contribution in [1.82, 2.24) is 0 Å². The predicted molar refractivity (Wildman–Crippen MR) is 128 cm³/mol. The fraction of sp³-hybridized carbons (Fsp3) is 0.480. The van der Waals surface area contributed by atoms with Gasteiger partial charge in [0.25, 0.3) is 0 Å². The number of nitro benzene ring substituents is 1. The van der Waals surface area contributed by atoms with Gasteiger partial charge >= 0.3 is 11.7 Å². The zero-order chi connectivity index (χ0) is 25.1. The third kappa shape index (κ3) is 5.51. The number of nitrogens with zero attached hydrogens (tertiary/aromatic N) is 1. The topological polar surface area (TPSA) is 97.1 Å². The number of ether oxygens (including phenoxy) is 4. The Morgan fingerprint density at radius 3 is 2.50 bits per heavy atom. The summed E-state index contributed by atoms with van der Waals surface area (Å²) in [6.45, 7) is 5.26. The fourth-order valence-electron chi connectivity index (χ4n) is 4.45. The molecule has 0 saturated heterocycles. The Hall–Kier alpha value is -2.68. The first-order valence-electron chi connectivity index (χ1n) is 11.0. The lowest BCUT2D eigenvalue weighted by Crippen LogP contribution is -2.49.